The van der Waals surface area contributed by atoms with Crippen molar-refractivity contribution in [2.24, 2.45) is 0 Å². The van der Waals surface area contributed by atoms with Gasteiger partial charge in [0, 0.05) is 11.5 Å². The average Bonchev–Trinajstić information content (AvgIpc) is 3.18. The average molecular weight is 274 g/mol. The molecule has 1 aromatic carbocycles. The Bertz CT molecular complexity index is 601. The SMILES string of the molecule is CCCSCC(=O)c1ccc2nc(C3CC3)[nH]c2c1. The maximum Gasteiger partial charge on any atom is 0.172 e. The van der Waals surface area contributed by atoms with Crippen LogP contribution in [0.3, 0.4) is 0 Å². The summed E-state index contributed by atoms with van der Waals surface area (Å²) in [6, 6.07) is 5.80. The Morgan fingerprint density at radius 1 is 1.47 bits per heavy atom. The highest BCUT2D eigenvalue weighted by atomic mass is 32.2. The molecule has 0 radical (unpaired) electrons. The van der Waals surface area contributed by atoms with Crippen LogP contribution in [0, 0.1) is 0 Å². The van der Waals surface area contributed by atoms with Crippen molar-refractivity contribution in [2.45, 2.75) is 32.1 Å². The van der Waals surface area contributed by atoms with E-state index in [9.17, 15) is 4.79 Å². The number of nitrogens with one attached hydrogen (secondary N) is 1. The van der Waals surface area contributed by atoms with Crippen molar-refractivity contribution in [1.82, 2.24) is 9.97 Å². The molecule has 1 saturated carbocycles. The van der Waals surface area contributed by atoms with Crippen molar-refractivity contribution in [3.05, 3.63) is 29.6 Å². The third-order valence-electron chi connectivity index (χ3n) is 3.37. The Labute approximate surface area is 117 Å². The molecular weight excluding hydrogens is 256 g/mol. The van der Waals surface area contributed by atoms with Crippen LogP contribution in [-0.4, -0.2) is 27.3 Å². The number of carbonyl (C=O) groups excluding carboxylic acids is 1. The van der Waals surface area contributed by atoms with Crippen LogP contribution in [0.1, 0.15) is 48.3 Å². The van der Waals surface area contributed by atoms with Gasteiger partial charge in [-0.3, -0.25) is 4.79 Å². The van der Waals surface area contributed by atoms with Crippen LogP contribution < -0.4 is 0 Å². The first-order chi connectivity index (χ1) is 9.28. The maximum atomic E-state index is 12.1. The molecule has 0 spiro atoms. The van der Waals surface area contributed by atoms with Gasteiger partial charge in [-0.05, 0) is 43.2 Å². The third kappa shape index (κ3) is 2.84. The summed E-state index contributed by atoms with van der Waals surface area (Å²) < 4.78 is 0. The van der Waals surface area contributed by atoms with E-state index in [-0.39, 0.29) is 5.78 Å². The van der Waals surface area contributed by atoms with Crippen molar-refractivity contribution in [1.29, 1.82) is 0 Å². The van der Waals surface area contributed by atoms with E-state index in [1.807, 2.05) is 18.2 Å². The van der Waals surface area contributed by atoms with Crippen LogP contribution >= 0.6 is 11.8 Å². The smallest absolute Gasteiger partial charge is 0.172 e. The molecule has 1 aromatic heterocycles. The third-order valence-corrected chi connectivity index (χ3v) is 4.53. The molecule has 0 unspecified atom stereocenters. The number of Topliss-reactive ketones (excluding diaryl/α,β-unsaturated/α-hetero) is 1. The zero-order chi connectivity index (χ0) is 13.2. The summed E-state index contributed by atoms with van der Waals surface area (Å²) in [7, 11) is 0. The number of thioether (sulfide) groups is 1. The number of benzene rings is 1. The normalized spacial score (nSPS) is 15.0. The molecule has 3 rings (SSSR count). The molecule has 0 bridgehead atoms. The van der Waals surface area contributed by atoms with Crippen molar-refractivity contribution in [3.63, 3.8) is 0 Å². The lowest BCUT2D eigenvalue weighted by Crippen LogP contribution is -2.02. The van der Waals surface area contributed by atoms with Gasteiger partial charge < -0.3 is 4.98 Å². The predicted octanol–water partition coefficient (Wildman–Crippen LogP) is 3.77. The number of aromatic amines is 1. The lowest BCUT2D eigenvalue weighted by atomic mass is 10.1. The molecule has 4 heteroatoms. The van der Waals surface area contributed by atoms with Gasteiger partial charge in [0.25, 0.3) is 0 Å². The van der Waals surface area contributed by atoms with E-state index in [1.54, 1.807) is 11.8 Å². The predicted molar refractivity (Wildman–Crippen MR) is 80.0 cm³/mol. The van der Waals surface area contributed by atoms with Crippen molar-refractivity contribution in [2.75, 3.05) is 11.5 Å². The highest BCUT2D eigenvalue weighted by Crippen LogP contribution is 2.39. The fourth-order valence-electron chi connectivity index (χ4n) is 2.15. The van der Waals surface area contributed by atoms with Gasteiger partial charge in [0.05, 0.1) is 16.8 Å². The monoisotopic (exact) mass is 274 g/mol. The number of H-pyrrole nitrogens is 1. The molecule has 2 aromatic rings. The van der Waals surface area contributed by atoms with Gasteiger partial charge in [-0.25, -0.2) is 4.98 Å². The number of carbonyl (C=O) groups is 1. The lowest BCUT2D eigenvalue weighted by molar-refractivity contribution is 0.102. The summed E-state index contributed by atoms with van der Waals surface area (Å²) in [5.74, 6) is 3.53. The fraction of sp³-hybridized carbons (Fsp3) is 0.467. The van der Waals surface area contributed by atoms with Crippen LogP contribution in [0.4, 0.5) is 0 Å². The van der Waals surface area contributed by atoms with Gasteiger partial charge in [-0.2, -0.15) is 11.8 Å². The lowest BCUT2D eigenvalue weighted by Gasteiger charge is -2.00. The second-order valence-electron chi connectivity index (χ2n) is 5.10. The maximum absolute atomic E-state index is 12.1. The Morgan fingerprint density at radius 3 is 3.05 bits per heavy atom. The van der Waals surface area contributed by atoms with Crippen molar-refractivity contribution >= 4 is 28.6 Å². The molecule has 3 nitrogen and oxygen atoms in total. The van der Waals surface area contributed by atoms with Crippen LogP contribution in [0.25, 0.3) is 11.0 Å². The van der Waals surface area contributed by atoms with Gasteiger partial charge in [0.15, 0.2) is 5.78 Å². The van der Waals surface area contributed by atoms with E-state index in [0.717, 1.165) is 34.6 Å². The molecule has 0 atom stereocenters. The summed E-state index contributed by atoms with van der Waals surface area (Å²) in [6.07, 6.45) is 3.58. The van der Waals surface area contributed by atoms with Gasteiger partial charge >= 0.3 is 0 Å². The molecule has 1 heterocycles. The summed E-state index contributed by atoms with van der Waals surface area (Å²) in [6.45, 7) is 2.13. The van der Waals surface area contributed by atoms with Crippen LogP contribution in [-0.2, 0) is 0 Å². The first-order valence-corrected chi connectivity index (χ1v) is 8.04. The second kappa shape index (κ2) is 5.37. The molecule has 1 N–H and O–H groups in total. The van der Waals surface area contributed by atoms with E-state index in [2.05, 4.69) is 16.9 Å². The number of imidazole rings is 1. The summed E-state index contributed by atoms with van der Waals surface area (Å²) >= 11 is 1.71. The van der Waals surface area contributed by atoms with Crippen LogP contribution in [0.2, 0.25) is 0 Å². The number of hydrogen-bond acceptors (Lipinski definition) is 3. The highest BCUT2D eigenvalue weighted by Gasteiger charge is 2.26. The van der Waals surface area contributed by atoms with Gasteiger partial charge in [-0.1, -0.05) is 6.92 Å². The van der Waals surface area contributed by atoms with Gasteiger partial charge in [0.2, 0.25) is 0 Å². The summed E-state index contributed by atoms with van der Waals surface area (Å²) in [4.78, 5) is 20.0. The quantitative estimate of drug-likeness (QED) is 0.644. The van der Waals surface area contributed by atoms with E-state index in [1.165, 1.54) is 12.8 Å². The first-order valence-electron chi connectivity index (χ1n) is 6.88. The minimum absolute atomic E-state index is 0.211. The van der Waals surface area contributed by atoms with Gasteiger partial charge in [-0.15, -0.1) is 0 Å². The minimum Gasteiger partial charge on any atom is -0.342 e. The Kier molecular flexibility index (Phi) is 3.60. The molecule has 0 amide bonds. The molecule has 0 saturated heterocycles. The molecular formula is C15H18N2OS. The standard InChI is InChI=1S/C15H18N2OS/c1-2-7-19-9-14(18)11-5-6-12-13(8-11)17-15(16-12)10-3-4-10/h5-6,8,10H,2-4,7,9H2,1H3,(H,16,17). The fourth-order valence-corrected chi connectivity index (χ4v) is 2.93. The number of fused-ring (bicyclic) bond motifs is 1. The number of ketones is 1. The molecule has 100 valence electrons. The number of aromatic nitrogens is 2. The zero-order valence-corrected chi connectivity index (χ0v) is 11.9. The Morgan fingerprint density at radius 2 is 2.32 bits per heavy atom. The number of hydrogen-bond donors (Lipinski definition) is 1. The van der Waals surface area contributed by atoms with Crippen LogP contribution in [0.5, 0.6) is 0 Å². The highest BCUT2D eigenvalue weighted by molar-refractivity contribution is 7.99. The van der Waals surface area contributed by atoms with E-state index in [4.69, 9.17) is 0 Å². The van der Waals surface area contributed by atoms with Crippen molar-refractivity contribution in [3.8, 4) is 0 Å². The van der Waals surface area contributed by atoms with Crippen molar-refractivity contribution < 1.29 is 4.79 Å². The molecule has 19 heavy (non-hydrogen) atoms. The summed E-state index contributed by atoms with van der Waals surface area (Å²) in [5, 5.41) is 0. The van der Waals surface area contributed by atoms with E-state index in [0.29, 0.717) is 11.7 Å². The van der Waals surface area contributed by atoms with Gasteiger partial charge in [0.1, 0.15) is 5.82 Å². The first kappa shape index (κ1) is 12.7. The topological polar surface area (TPSA) is 45.8 Å². The van der Waals surface area contributed by atoms with E-state index >= 15 is 0 Å². The molecule has 1 fully saturated rings. The molecule has 1 aliphatic carbocycles. The Hall–Kier alpha value is -1.29. The summed E-state index contributed by atoms with van der Waals surface area (Å²) in [5.41, 5.74) is 2.76. The van der Waals surface area contributed by atoms with Crippen LogP contribution in [0.15, 0.2) is 18.2 Å². The number of rotatable bonds is 6. The molecule has 1 aliphatic rings. The minimum atomic E-state index is 0.211. The number of nitrogens with zero attached hydrogens (tertiary/aromatic N) is 1. The largest absolute Gasteiger partial charge is 0.342 e. The molecule has 0 aliphatic heterocycles. The second-order valence-corrected chi connectivity index (χ2v) is 6.21. The van der Waals surface area contributed by atoms with E-state index < -0.39 is 0 Å². The zero-order valence-electron chi connectivity index (χ0n) is 11.1. The Balaban J connectivity index is 1.78.